The summed E-state index contributed by atoms with van der Waals surface area (Å²) in [4.78, 5) is 0. The van der Waals surface area contributed by atoms with Crippen LogP contribution in [0.1, 0.15) is 26.7 Å². The third kappa shape index (κ3) is 3.76. The minimum atomic E-state index is 0.767. The minimum absolute atomic E-state index is 0.767. The second-order valence-corrected chi connectivity index (χ2v) is 1.79. The summed E-state index contributed by atoms with van der Waals surface area (Å²) in [6.07, 6.45) is 5.50. The lowest BCUT2D eigenvalue weighted by atomic mass is 10.2. The molecule has 0 unspecified atom stereocenters. The average molecular weight is 127 g/mol. The molecule has 0 amide bonds. The molecule has 0 saturated carbocycles. The van der Waals surface area contributed by atoms with Gasteiger partial charge in [0.05, 0.1) is 5.71 Å². The van der Waals surface area contributed by atoms with E-state index in [1.165, 1.54) is 0 Å². The third-order valence-corrected chi connectivity index (χ3v) is 1.14. The van der Waals surface area contributed by atoms with Gasteiger partial charge in [0.15, 0.2) is 0 Å². The fraction of sp³-hybridized carbons (Fsp3) is 0.571. The molecule has 9 heavy (non-hydrogen) atoms. The lowest BCUT2D eigenvalue weighted by molar-refractivity contribution is 0.317. The largest absolute Gasteiger partial charge is 0.411 e. The summed E-state index contributed by atoms with van der Waals surface area (Å²) in [5, 5.41) is 11.4. The van der Waals surface area contributed by atoms with Gasteiger partial charge in [-0.25, -0.2) is 0 Å². The molecular formula is C7H13NO. The van der Waals surface area contributed by atoms with Gasteiger partial charge in [-0.15, -0.1) is 0 Å². The fourth-order valence-corrected chi connectivity index (χ4v) is 0.510. The molecule has 52 valence electrons. The first-order valence-electron chi connectivity index (χ1n) is 3.16. The Morgan fingerprint density at radius 2 is 2.33 bits per heavy atom. The molecule has 0 fully saturated rings. The standard InChI is InChI=1S/C7H13NO/c1-3-5-6-7(4-2)8-9/h3,5,9H,4,6H2,1-2H3. The molecule has 0 radical (unpaired) electrons. The van der Waals surface area contributed by atoms with Crippen LogP contribution in [0.3, 0.4) is 0 Å². The van der Waals surface area contributed by atoms with Crippen LogP contribution in [0, 0.1) is 0 Å². The molecule has 0 bridgehead atoms. The summed E-state index contributed by atoms with van der Waals surface area (Å²) in [5.74, 6) is 0. The number of allylic oxidation sites excluding steroid dienone is 2. The molecule has 0 aliphatic heterocycles. The quantitative estimate of drug-likeness (QED) is 0.268. The molecule has 0 atom stereocenters. The van der Waals surface area contributed by atoms with Gasteiger partial charge < -0.3 is 5.21 Å². The maximum absolute atomic E-state index is 8.31. The number of rotatable bonds is 3. The summed E-state index contributed by atoms with van der Waals surface area (Å²) >= 11 is 0. The van der Waals surface area contributed by atoms with Gasteiger partial charge in [-0.05, 0) is 13.3 Å². The van der Waals surface area contributed by atoms with E-state index in [9.17, 15) is 0 Å². The third-order valence-electron chi connectivity index (χ3n) is 1.14. The highest BCUT2D eigenvalue weighted by Gasteiger charge is 1.89. The maximum atomic E-state index is 8.31. The van der Waals surface area contributed by atoms with Crippen molar-refractivity contribution < 1.29 is 5.21 Å². The fourth-order valence-electron chi connectivity index (χ4n) is 0.510. The Morgan fingerprint density at radius 3 is 2.67 bits per heavy atom. The highest BCUT2D eigenvalue weighted by Crippen LogP contribution is 1.92. The van der Waals surface area contributed by atoms with Crippen molar-refractivity contribution in [3.05, 3.63) is 12.2 Å². The van der Waals surface area contributed by atoms with Crippen molar-refractivity contribution >= 4 is 5.71 Å². The van der Waals surface area contributed by atoms with Crippen LogP contribution in [0.25, 0.3) is 0 Å². The van der Waals surface area contributed by atoms with Gasteiger partial charge in [0.1, 0.15) is 0 Å². The molecule has 0 aromatic heterocycles. The van der Waals surface area contributed by atoms with E-state index in [-0.39, 0.29) is 0 Å². The minimum Gasteiger partial charge on any atom is -0.411 e. The van der Waals surface area contributed by atoms with E-state index in [1.54, 1.807) is 0 Å². The van der Waals surface area contributed by atoms with Gasteiger partial charge in [-0.2, -0.15) is 0 Å². The Balaban J connectivity index is 3.58. The first kappa shape index (κ1) is 8.21. The molecular weight excluding hydrogens is 114 g/mol. The normalized spacial score (nSPS) is 12.9. The molecule has 0 aliphatic carbocycles. The van der Waals surface area contributed by atoms with Gasteiger partial charge in [-0.1, -0.05) is 24.2 Å². The van der Waals surface area contributed by atoms with E-state index >= 15 is 0 Å². The Labute approximate surface area is 55.9 Å². The van der Waals surface area contributed by atoms with Crippen LogP contribution in [-0.2, 0) is 0 Å². The highest BCUT2D eigenvalue weighted by atomic mass is 16.4. The molecule has 2 nitrogen and oxygen atoms in total. The van der Waals surface area contributed by atoms with Crippen molar-refractivity contribution in [3.8, 4) is 0 Å². The van der Waals surface area contributed by atoms with E-state index < -0.39 is 0 Å². The van der Waals surface area contributed by atoms with E-state index in [2.05, 4.69) is 5.16 Å². The Hall–Kier alpha value is -0.790. The number of oxime groups is 1. The topological polar surface area (TPSA) is 32.6 Å². The van der Waals surface area contributed by atoms with Gasteiger partial charge in [0, 0.05) is 6.42 Å². The number of hydrogen-bond acceptors (Lipinski definition) is 2. The van der Waals surface area contributed by atoms with Gasteiger partial charge in [0.25, 0.3) is 0 Å². The SMILES string of the molecule is CC=CCC(CC)=NO. The molecule has 0 aromatic carbocycles. The summed E-state index contributed by atoms with van der Waals surface area (Å²) in [6.45, 7) is 3.92. The van der Waals surface area contributed by atoms with Crippen LogP contribution >= 0.6 is 0 Å². The Bertz CT molecular complexity index is 116. The summed E-state index contributed by atoms with van der Waals surface area (Å²) in [6, 6.07) is 0. The summed E-state index contributed by atoms with van der Waals surface area (Å²) in [5.41, 5.74) is 0.827. The van der Waals surface area contributed by atoms with Gasteiger partial charge in [0.2, 0.25) is 0 Å². The smallest absolute Gasteiger partial charge is 0.0605 e. The molecule has 0 saturated heterocycles. The van der Waals surface area contributed by atoms with E-state index in [4.69, 9.17) is 5.21 Å². The van der Waals surface area contributed by atoms with Crippen LogP contribution in [0.4, 0.5) is 0 Å². The predicted octanol–water partition coefficient (Wildman–Crippen LogP) is 2.19. The lowest BCUT2D eigenvalue weighted by Crippen LogP contribution is -1.92. The first-order chi connectivity index (χ1) is 4.35. The van der Waals surface area contributed by atoms with Crippen molar-refractivity contribution in [1.82, 2.24) is 0 Å². The molecule has 1 N–H and O–H groups in total. The summed E-state index contributed by atoms with van der Waals surface area (Å²) in [7, 11) is 0. The first-order valence-corrected chi connectivity index (χ1v) is 3.16. The zero-order valence-electron chi connectivity index (χ0n) is 5.96. The summed E-state index contributed by atoms with van der Waals surface area (Å²) < 4.78 is 0. The van der Waals surface area contributed by atoms with Crippen molar-refractivity contribution in [2.75, 3.05) is 0 Å². The number of hydrogen-bond donors (Lipinski definition) is 1. The Morgan fingerprint density at radius 1 is 1.67 bits per heavy atom. The zero-order chi connectivity index (χ0) is 7.11. The van der Waals surface area contributed by atoms with Crippen molar-refractivity contribution in [1.29, 1.82) is 0 Å². The monoisotopic (exact) mass is 127 g/mol. The lowest BCUT2D eigenvalue weighted by Gasteiger charge is -1.92. The number of nitrogens with zero attached hydrogens (tertiary/aromatic N) is 1. The molecule has 2 heteroatoms. The van der Waals surface area contributed by atoms with Gasteiger partial charge >= 0.3 is 0 Å². The van der Waals surface area contributed by atoms with Crippen LogP contribution in [0.5, 0.6) is 0 Å². The second-order valence-electron chi connectivity index (χ2n) is 1.79. The average Bonchev–Trinajstić information content (AvgIpc) is 1.91. The molecule has 0 aromatic rings. The Kier molecular flexibility index (Phi) is 4.88. The molecule has 0 rings (SSSR count). The second kappa shape index (κ2) is 5.35. The molecule has 0 heterocycles. The van der Waals surface area contributed by atoms with Crippen molar-refractivity contribution in [2.45, 2.75) is 26.7 Å². The van der Waals surface area contributed by atoms with Crippen molar-refractivity contribution in [2.24, 2.45) is 5.16 Å². The maximum Gasteiger partial charge on any atom is 0.0605 e. The van der Waals surface area contributed by atoms with E-state index in [0.717, 1.165) is 18.6 Å². The van der Waals surface area contributed by atoms with E-state index in [1.807, 2.05) is 26.0 Å². The highest BCUT2D eigenvalue weighted by molar-refractivity contribution is 5.84. The van der Waals surface area contributed by atoms with Gasteiger partial charge in [-0.3, -0.25) is 0 Å². The molecule has 0 spiro atoms. The van der Waals surface area contributed by atoms with Crippen LogP contribution in [-0.4, -0.2) is 10.9 Å². The van der Waals surface area contributed by atoms with Crippen molar-refractivity contribution in [3.63, 3.8) is 0 Å². The van der Waals surface area contributed by atoms with Crippen LogP contribution < -0.4 is 0 Å². The van der Waals surface area contributed by atoms with E-state index in [0.29, 0.717) is 0 Å². The van der Waals surface area contributed by atoms with Crippen LogP contribution in [0.2, 0.25) is 0 Å². The predicted molar refractivity (Wildman–Crippen MR) is 38.9 cm³/mol. The molecule has 0 aliphatic rings. The van der Waals surface area contributed by atoms with Crippen LogP contribution in [0.15, 0.2) is 17.3 Å². The zero-order valence-corrected chi connectivity index (χ0v) is 5.96.